The Morgan fingerprint density at radius 3 is 2.68 bits per heavy atom. The first kappa shape index (κ1) is 20.3. The van der Waals surface area contributed by atoms with Gasteiger partial charge in [0.1, 0.15) is 0 Å². The van der Waals surface area contributed by atoms with Gasteiger partial charge in [0.15, 0.2) is 11.5 Å². The van der Waals surface area contributed by atoms with Crippen LogP contribution in [0.4, 0.5) is 10.5 Å². The molecule has 2 saturated heterocycles. The monoisotopic (exact) mass is 391 g/mol. The van der Waals surface area contributed by atoms with E-state index < -0.39 is 0 Å². The number of urea groups is 1. The normalized spacial score (nSPS) is 19.7. The minimum atomic E-state index is -0.205. The Morgan fingerprint density at radius 2 is 1.96 bits per heavy atom. The van der Waals surface area contributed by atoms with Crippen molar-refractivity contribution in [2.45, 2.75) is 31.7 Å². The zero-order valence-electron chi connectivity index (χ0n) is 16.8. The van der Waals surface area contributed by atoms with Crippen LogP contribution < -0.4 is 29.9 Å². The summed E-state index contributed by atoms with van der Waals surface area (Å²) in [5.74, 6) is 1.17. The van der Waals surface area contributed by atoms with Gasteiger partial charge >= 0.3 is 6.03 Å². The van der Waals surface area contributed by atoms with Crippen molar-refractivity contribution in [1.29, 1.82) is 0 Å². The standard InChI is InChI=1S/C20H30N4O4/c1-27-17-7-6-16(13-18(17)28-2)24-14-15(12-19(24)25)22-20(26)21-8-5-11-23-9-3-4-10-23/h6-7,13,15H,3-5,8-12,14H2,1-2H3,(H2,21,22,26)/p+1/t15-/m1/s1. The third-order valence-electron chi connectivity index (χ3n) is 5.44. The third kappa shape index (κ3) is 5.07. The molecule has 0 bridgehead atoms. The quantitative estimate of drug-likeness (QED) is 0.552. The van der Waals surface area contributed by atoms with Crippen molar-refractivity contribution in [3.8, 4) is 11.5 Å². The maximum Gasteiger partial charge on any atom is 0.315 e. The summed E-state index contributed by atoms with van der Waals surface area (Å²) in [4.78, 5) is 27.8. The van der Waals surface area contributed by atoms with E-state index in [2.05, 4.69) is 10.6 Å². The zero-order chi connectivity index (χ0) is 19.9. The second kappa shape index (κ2) is 9.64. The fraction of sp³-hybridized carbons (Fsp3) is 0.600. The number of carbonyl (C=O) groups excluding carboxylic acids is 2. The predicted octanol–water partition coefficient (Wildman–Crippen LogP) is 0.177. The van der Waals surface area contributed by atoms with E-state index in [9.17, 15) is 9.59 Å². The number of rotatable bonds is 8. The van der Waals surface area contributed by atoms with Gasteiger partial charge < -0.3 is 29.9 Å². The van der Waals surface area contributed by atoms with Crippen LogP contribution in [0.2, 0.25) is 0 Å². The molecule has 1 aromatic carbocycles. The summed E-state index contributed by atoms with van der Waals surface area (Å²) in [5.41, 5.74) is 0.737. The average molecular weight is 391 g/mol. The van der Waals surface area contributed by atoms with E-state index in [0.717, 1.165) is 18.7 Å². The van der Waals surface area contributed by atoms with E-state index in [1.165, 1.54) is 25.9 Å². The number of quaternary nitrogens is 1. The minimum Gasteiger partial charge on any atom is -0.493 e. The fourth-order valence-corrected chi connectivity index (χ4v) is 3.95. The first-order chi connectivity index (χ1) is 13.6. The van der Waals surface area contributed by atoms with E-state index in [0.29, 0.717) is 31.0 Å². The molecule has 1 atom stereocenters. The van der Waals surface area contributed by atoms with Crippen LogP contribution in [-0.2, 0) is 4.79 Å². The molecule has 0 unspecified atom stereocenters. The summed E-state index contributed by atoms with van der Waals surface area (Å²) < 4.78 is 10.5. The number of nitrogens with zero attached hydrogens (tertiary/aromatic N) is 1. The maximum atomic E-state index is 12.4. The van der Waals surface area contributed by atoms with E-state index in [1.54, 1.807) is 36.2 Å². The number of nitrogens with one attached hydrogen (secondary N) is 3. The maximum absolute atomic E-state index is 12.4. The van der Waals surface area contributed by atoms with E-state index in [-0.39, 0.29) is 18.0 Å². The van der Waals surface area contributed by atoms with Crippen molar-refractivity contribution >= 4 is 17.6 Å². The molecule has 0 saturated carbocycles. The summed E-state index contributed by atoms with van der Waals surface area (Å²) in [6.07, 6.45) is 3.90. The van der Waals surface area contributed by atoms with Crippen LogP contribution in [0.25, 0.3) is 0 Å². The highest BCUT2D eigenvalue weighted by Gasteiger charge is 2.32. The van der Waals surface area contributed by atoms with E-state index in [4.69, 9.17) is 9.47 Å². The van der Waals surface area contributed by atoms with E-state index in [1.807, 2.05) is 6.07 Å². The SMILES string of the molecule is COc1ccc(N2C[C@H](NC(=O)NCCC[NH+]3CCCC3)CC2=O)cc1OC. The second-order valence-electron chi connectivity index (χ2n) is 7.41. The van der Waals surface area contributed by atoms with Gasteiger partial charge in [0.2, 0.25) is 5.91 Å². The van der Waals surface area contributed by atoms with Crippen LogP contribution in [0.5, 0.6) is 11.5 Å². The lowest BCUT2D eigenvalue weighted by Gasteiger charge is -2.19. The Kier molecular flexibility index (Phi) is 6.97. The molecule has 2 aliphatic heterocycles. The smallest absolute Gasteiger partial charge is 0.315 e. The first-order valence-electron chi connectivity index (χ1n) is 10.0. The van der Waals surface area contributed by atoms with Crippen molar-refractivity contribution in [3.05, 3.63) is 18.2 Å². The summed E-state index contributed by atoms with van der Waals surface area (Å²) in [6.45, 7) is 4.72. The van der Waals surface area contributed by atoms with Gasteiger partial charge in [0.25, 0.3) is 0 Å². The van der Waals surface area contributed by atoms with Gasteiger partial charge in [-0.05, 0) is 12.1 Å². The van der Waals surface area contributed by atoms with Crippen LogP contribution in [0.3, 0.4) is 0 Å². The molecule has 0 aliphatic carbocycles. The molecule has 3 amide bonds. The highest BCUT2D eigenvalue weighted by molar-refractivity contribution is 5.97. The van der Waals surface area contributed by atoms with Crippen molar-refractivity contribution in [2.75, 3.05) is 51.8 Å². The van der Waals surface area contributed by atoms with Crippen molar-refractivity contribution in [3.63, 3.8) is 0 Å². The molecule has 2 fully saturated rings. The molecule has 1 aromatic rings. The van der Waals surface area contributed by atoms with Gasteiger partial charge in [0, 0.05) is 50.5 Å². The van der Waals surface area contributed by atoms with Crippen LogP contribution in [0, 0.1) is 0 Å². The molecule has 2 aliphatic rings. The lowest BCUT2D eigenvalue weighted by molar-refractivity contribution is -0.887. The number of amides is 3. The molecular formula is C20H31N4O4+. The molecule has 3 rings (SSSR count). The molecule has 28 heavy (non-hydrogen) atoms. The summed E-state index contributed by atoms with van der Waals surface area (Å²) in [6, 6.07) is 4.97. The number of ether oxygens (including phenoxy) is 2. The molecule has 154 valence electrons. The summed E-state index contributed by atoms with van der Waals surface area (Å²) in [7, 11) is 3.14. The number of likely N-dealkylation sites (tertiary alicyclic amines) is 1. The third-order valence-corrected chi connectivity index (χ3v) is 5.44. The Labute approximate surface area is 166 Å². The lowest BCUT2D eigenvalue weighted by Crippen LogP contribution is -3.10. The Morgan fingerprint density at radius 1 is 1.21 bits per heavy atom. The largest absolute Gasteiger partial charge is 0.493 e. The van der Waals surface area contributed by atoms with Crippen LogP contribution in [0.15, 0.2) is 18.2 Å². The Bertz CT molecular complexity index is 691. The summed E-state index contributed by atoms with van der Waals surface area (Å²) >= 11 is 0. The van der Waals surface area contributed by atoms with Gasteiger partial charge in [-0.2, -0.15) is 0 Å². The molecule has 3 N–H and O–H groups in total. The van der Waals surface area contributed by atoms with Crippen molar-refractivity contribution < 1.29 is 24.0 Å². The minimum absolute atomic E-state index is 0.0184. The van der Waals surface area contributed by atoms with Crippen LogP contribution in [0.1, 0.15) is 25.7 Å². The van der Waals surface area contributed by atoms with Gasteiger partial charge in [0.05, 0.1) is 39.9 Å². The topological polar surface area (TPSA) is 84.3 Å². The highest BCUT2D eigenvalue weighted by atomic mass is 16.5. The number of benzene rings is 1. The Hall–Kier alpha value is -2.48. The number of anilines is 1. The van der Waals surface area contributed by atoms with Gasteiger partial charge in [-0.1, -0.05) is 0 Å². The zero-order valence-corrected chi connectivity index (χ0v) is 16.8. The van der Waals surface area contributed by atoms with Crippen molar-refractivity contribution in [1.82, 2.24) is 10.6 Å². The molecule has 2 heterocycles. The van der Waals surface area contributed by atoms with Gasteiger partial charge in [-0.25, -0.2) is 4.79 Å². The van der Waals surface area contributed by atoms with E-state index >= 15 is 0 Å². The molecular weight excluding hydrogens is 360 g/mol. The molecule has 0 radical (unpaired) electrons. The fourth-order valence-electron chi connectivity index (χ4n) is 3.95. The number of hydrogen-bond donors (Lipinski definition) is 3. The number of methoxy groups -OCH3 is 2. The molecule has 0 spiro atoms. The van der Waals surface area contributed by atoms with Crippen molar-refractivity contribution in [2.24, 2.45) is 0 Å². The van der Waals surface area contributed by atoms with Crippen LogP contribution >= 0.6 is 0 Å². The Balaban J connectivity index is 1.45. The molecule has 8 heteroatoms. The lowest BCUT2D eigenvalue weighted by atomic mass is 10.2. The number of carbonyl (C=O) groups is 2. The van der Waals surface area contributed by atoms with Crippen LogP contribution in [-0.4, -0.2) is 64.9 Å². The molecule has 0 aromatic heterocycles. The molecule has 8 nitrogen and oxygen atoms in total. The predicted molar refractivity (Wildman–Crippen MR) is 106 cm³/mol. The van der Waals surface area contributed by atoms with Gasteiger partial charge in [-0.3, -0.25) is 4.79 Å². The average Bonchev–Trinajstić information content (AvgIpc) is 3.34. The number of hydrogen-bond acceptors (Lipinski definition) is 4. The highest BCUT2D eigenvalue weighted by Crippen LogP contribution is 2.33. The summed E-state index contributed by atoms with van der Waals surface area (Å²) in [5, 5.41) is 5.82. The first-order valence-corrected chi connectivity index (χ1v) is 10.0. The van der Waals surface area contributed by atoms with Gasteiger partial charge in [-0.15, -0.1) is 0 Å². The second-order valence-corrected chi connectivity index (χ2v) is 7.41.